The first-order chi connectivity index (χ1) is 12.4. The Morgan fingerprint density at radius 3 is 2.77 bits per heavy atom. The number of nitrogens with two attached hydrogens (primary N) is 1. The maximum absolute atomic E-state index is 13.2. The SMILES string of the molecule is COc1ccc(C)cc1-n1c(SCC(N)=O)nc2cc(Cl)ccc2c1=O. The number of amides is 1. The van der Waals surface area contributed by atoms with Crippen molar-refractivity contribution in [1.29, 1.82) is 0 Å². The zero-order chi connectivity index (χ0) is 18.8. The maximum Gasteiger partial charge on any atom is 0.266 e. The van der Waals surface area contributed by atoms with Crippen LogP contribution in [0, 0.1) is 6.92 Å². The molecule has 0 saturated carbocycles. The molecule has 0 atom stereocenters. The summed E-state index contributed by atoms with van der Waals surface area (Å²) >= 11 is 7.11. The van der Waals surface area contributed by atoms with Crippen LogP contribution in [-0.2, 0) is 4.79 Å². The van der Waals surface area contributed by atoms with E-state index in [0.29, 0.717) is 32.5 Å². The maximum atomic E-state index is 13.2. The third-order valence-electron chi connectivity index (χ3n) is 3.72. The number of methoxy groups -OCH3 is 1. The highest BCUT2D eigenvalue weighted by atomic mass is 35.5. The van der Waals surface area contributed by atoms with E-state index in [0.717, 1.165) is 17.3 Å². The Bertz CT molecular complexity index is 1070. The van der Waals surface area contributed by atoms with E-state index >= 15 is 0 Å². The lowest BCUT2D eigenvalue weighted by atomic mass is 10.2. The number of carbonyl (C=O) groups excluding carboxylic acids is 1. The van der Waals surface area contributed by atoms with Crippen LogP contribution in [0.3, 0.4) is 0 Å². The zero-order valence-corrected chi connectivity index (χ0v) is 15.7. The number of benzene rings is 2. The summed E-state index contributed by atoms with van der Waals surface area (Å²) in [4.78, 5) is 28.9. The van der Waals surface area contributed by atoms with Crippen LogP contribution in [0.25, 0.3) is 16.6 Å². The number of aromatic nitrogens is 2. The van der Waals surface area contributed by atoms with E-state index in [4.69, 9.17) is 22.1 Å². The largest absolute Gasteiger partial charge is 0.495 e. The first-order valence-electron chi connectivity index (χ1n) is 7.69. The highest BCUT2D eigenvalue weighted by molar-refractivity contribution is 7.99. The Morgan fingerprint density at radius 2 is 2.08 bits per heavy atom. The summed E-state index contributed by atoms with van der Waals surface area (Å²) in [6, 6.07) is 10.4. The smallest absolute Gasteiger partial charge is 0.266 e. The van der Waals surface area contributed by atoms with Crippen LogP contribution in [0.15, 0.2) is 46.3 Å². The molecule has 0 aliphatic rings. The summed E-state index contributed by atoms with van der Waals surface area (Å²) in [6.07, 6.45) is 0. The number of rotatable bonds is 5. The number of fused-ring (bicyclic) bond motifs is 1. The molecule has 0 radical (unpaired) electrons. The second kappa shape index (κ2) is 7.39. The van der Waals surface area contributed by atoms with Crippen molar-refractivity contribution in [3.8, 4) is 11.4 Å². The van der Waals surface area contributed by atoms with Gasteiger partial charge in [-0.15, -0.1) is 0 Å². The predicted octanol–water partition coefficient (Wildman–Crippen LogP) is 2.93. The minimum Gasteiger partial charge on any atom is -0.495 e. The molecule has 0 aliphatic carbocycles. The van der Waals surface area contributed by atoms with Crippen LogP contribution in [0.2, 0.25) is 5.02 Å². The van der Waals surface area contributed by atoms with Crippen LogP contribution >= 0.6 is 23.4 Å². The summed E-state index contributed by atoms with van der Waals surface area (Å²) in [7, 11) is 1.53. The van der Waals surface area contributed by atoms with Crippen molar-refractivity contribution in [1.82, 2.24) is 9.55 Å². The molecule has 1 aromatic heterocycles. The van der Waals surface area contributed by atoms with Crippen molar-refractivity contribution in [3.05, 3.63) is 57.3 Å². The Hall–Kier alpha value is -2.51. The van der Waals surface area contributed by atoms with Crippen molar-refractivity contribution >= 4 is 40.2 Å². The fourth-order valence-corrected chi connectivity index (χ4v) is 3.47. The highest BCUT2D eigenvalue weighted by Crippen LogP contribution is 2.28. The quantitative estimate of drug-likeness (QED) is 0.535. The van der Waals surface area contributed by atoms with Crippen molar-refractivity contribution < 1.29 is 9.53 Å². The van der Waals surface area contributed by atoms with E-state index in [2.05, 4.69) is 4.98 Å². The summed E-state index contributed by atoms with van der Waals surface area (Å²) in [5.74, 6) is 0.0130. The molecule has 134 valence electrons. The number of primary amides is 1. The lowest BCUT2D eigenvalue weighted by Crippen LogP contribution is -2.23. The second-order valence-corrected chi connectivity index (χ2v) is 7.01. The van der Waals surface area contributed by atoms with Gasteiger partial charge in [0.1, 0.15) is 5.75 Å². The van der Waals surface area contributed by atoms with Gasteiger partial charge in [-0.25, -0.2) is 4.98 Å². The number of thioether (sulfide) groups is 1. The van der Waals surface area contributed by atoms with Gasteiger partial charge in [-0.05, 0) is 42.8 Å². The van der Waals surface area contributed by atoms with Gasteiger partial charge in [0.2, 0.25) is 5.91 Å². The first-order valence-corrected chi connectivity index (χ1v) is 9.05. The Morgan fingerprint density at radius 1 is 1.31 bits per heavy atom. The molecule has 3 rings (SSSR count). The fraction of sp³-hybridized carbons (Fsp3) is 0.167. The number of ether oxygens (including phenoxy) is 1. The average Bonchev–Trinajstić information content (AvgIpc) is 2.59. The fourth-order valence-electron chi connectivity index (χ4n) is 2.56. The summed E-state index contributed by atoms with van der Waals surface area (Å²) < 4.78 is 6.85. The van der Waals surface area contributed by atoms with Crippen LogP contribution < -0.4 is 16.0 Å². The van der Waals surface area contributed by atoms with Gasteiger partial charge in [-0.2, -0.15) is 0 Å². The normalized spacial score (nSPS) is 10.9. The monoisotopic (exact) mass is 389 g/mol. The molecule has 0 aliphatic heterocycles. The molecular weight excluding hydrogens is 374 g/mol. The van der Waals surface area contributed by atoms with Gasteiger partial charge >= 0.3 is 0 Å². The molecule has 0 fully saturated rings. The van der Waals surface area contributed by atoms with Gasteiger partial charge in [0.15, 0.2) is 5.16 Å². The number of hydrogen-bond acceptors (Lipinski definition) is 5. The number of nitrogens with zero attached hydrogens (tertiary/aromatic N) is 2. The van der Waals surface area contributed by atoms with Gasteiger partial charge in [0.25, 0.3) is 5.56 Å². The van der Waals surface area contributed by atoms with E-state index in [9.17, 15) is 9.59 Å². The van der Waals surface area contributed by atoms with E-state index < -0.39 is 5.91 Å². The topological polar surface area (TPSA) is 87.2 Å². The number of hydrogen-bond donors (Lipinski definition) is 1. The van der Waals surface area contributed by atoms with Crippen molar-refractivity contribution in [2.24, 2.45) is 5.73 Å². The van der Waals surface area contributed by atoms with Gasteiger partial charge < -0.3 is 10.5 Å². The second-order valence-electron chi connectivity index (χ2n) is 5.63. The Kier molecular flexibility index (Phi) is 5.20. The van der Waals surface area contributed by atoms with Crippen LogP contribution in [-0.4, -0.2) is 28.3 Å². The molecular formula is C18H16ClN3O3S. The summed E-state index contributed by atoms with van der Waals surface area (Å²) in [5.41, 5.74) is 6.95. The molecule has 26 heavy (non-hydrogen) atoms. The van der Waals surface area contributed by atoms with E-state index in [1.165, 1.54) is 11.7 Å². The third-order valence-corrected chi connectivity index (χ3v) is 4.92. The molecule has 0 unspecified atom stereocenters. The molecule has 8 heteroatoms. The van der Waals surface area contributed by atoms with Crippen LogP contribution in [0.5, 0.6) is 5.75 Å². The van der Waals surface area contributed by atoms with Crippen LogP contribution in [0.1, 0.15) is 5.56 Å². The summed E-state index contributed by atoms with van der Waals surface area (Å²) in [5, 5.41) is 1.23. The molecule has 6 nitrogen and oxygen atoms in total. The highest BCUT2D eigenvalue weighted by Gasteiger charge is 2.17. The molecule has 0 bridgehead atoms. The van der Waals surface area contributed by atoms with Gasteiger partial charge in [0.05, 0.1) is 29.5 Å². The molecule has 1 amide bonds. The van der Waals surface area contributed by atoms with Crippen molar-refractivity contribution in [2.45, 2.75) is 12.1 Å². The van der Waals surface area contributed by atoms with Crippen molar-refractivity contribution in [2.75, 3.05) is 12.9 Å². The third kappa shape index (κ3) is 3.54. The lowest BCUT2D eigenvalue weighted by molar-refractivity contribution is -0.115. The Balaban J connectivity index is 2.35. The predicted molar refractivity (Wildman–Crippen MR) is 104 cm³/mol. The molecule has 3 aromatic rings. The first kappa shape index (κ1) is 18.3. The Labute approximate surface area is 158 Å². The number of carbonyl (C=O) groups is 1. The number of aryl methyl sites for hydroxylation is 1. The molecule has 0 saturated heterocycles. The van der Waals surface area contributed by atoms with Gasteiger partial charge in [-0.1, -0.05) is 29.4 Å². The molecule has 0 spiro atoms. The molecule has 2 N–H and O–H groups in total. The average molecular weight is 390 g/mol. The van der Waals surface area contributed by atoms with E-state index in [1.54, 1.807) is 24.3 Å². The van der Waals surface area contributed by atoms with E-state index in [-0.39, 0.29) is 11.3 Å². The van der Waals surface area contributed by atoms with Crippen molar-refractivity contribution in [3.63, 3.8) is 0 Å². The van der Waals surface area contributed by atoms with Gasteiger partial charge in [-0.3, -0.25) is 14.2 Å². The van der Waals surface area contributed by atoms with E-state index in [1.807, 2.05) is 19.1 Å². The summed E-state index contributed by atoms with van der Waals surface area (Å²) in [6.45, 7) is 1.92. The molecule has 1 heterocycles. The minimum absolute atomic E-state index is 0.00730. The standard InChI is InChI=1S/C18H16ClN3O3S/c1-10-3-6-15(25-2)14(7-10)22-17(24)12-5-4-11(19)8-13(12)21-18(22)26-9-16(20)23/h3-8H,9H2,1-2H3,(H2,20,23). The molecule has 2 aromatic carbocycles. The minimum atomic E-state index is -0.502. The number of halogens is 1. The zero-order valence-electron chi connectivity index (χ0n) is 14.2. The lowest BCUT2D eigenvalue weighted by Gasteiger charge is -2.16. The van der Waals surface area contributed by atoms with Crippen LogP contribution in [0.4, 0.5) is 0 Å². The van der Waals surface area contributed by atoms with Gasteiger partial charge in [0, 0.05) is 5.02 Å².